The van der Waals surface area contributed by atoms with Crippen molar-refractivity contribution in [1.82, 2.24) is 10.1 Å². The van der Waals surface area contributed by atoms with Gasteiger partial charge >= 0.3 is 0 Å². The Kier molecular flexibility index (Phi) is 1.94. The molecule has 0 bridgehead atoms. The number of nitrogens with zero attached hydrogens (tertiary/aromatic N) is 2. The molecule has 0 atom stereocenters. The second kappa shape index (κ2) is 2.74. The van der Waals surface area contributed by atoms with Gasteiger partial charge in [-0.2, -0.15) is 0 Å². The molecule has 1 rings (SSSR count). The molecule has 58 valence electrons. The first kappa shape index (κ1) is 7.78. The minimum atomic E-state index is -0.217. The topological polar surface area (TPSA) is 46.3 Å². The molecule has 0 aliphatic heterocycles. The summed E-state index contributed by atoms with van der Waals surface area (Å²) in [4.78, 5) is 12.5. The predicted molar refractivity (Wildman–Crippen MR) is 37.9 cm³/mol. The lowest BCUT2D eigenvalue weighted by Gasteiger charge is -2.05. The number of hydrogen-bond donors (Lipinski definition) is 0. The third-order valence-corrected chi connectivity index (χ3v) is 1.15. The summed E-state index contributed by atoms with van der Waals surface area (Å²) in [5, 5.41) is 3.45. The molecule has 0 saturated carbocycles. The van der Waals surface area contributed by atoms with Crippen molar-refractivity contribution in [1.29, 1.82) is 0 Å². The highest BCUT2D eigenvalue weighted by Crippen LogP contribution is 2.02. The van der Waals surface area contributed by atoms with E-state index in [2.05, 4.69) is 9.68 Å². The Bertz CT molecular complexity index is 265. The molecule has 0 N–H and O–H groups in total. The average molecular weight is 152 g/mol. The Labute approximate surface area is 64.8 Å². The van der Waals surface area contributed by atoms with Gasteiger partial charge in [0.15, 0.2) is 5.69 Å². The maximum Gasteiger partial charge on any atom is 0.275 e. The Hall–Kier alpha value is -1.32. The molecule has 4 nitrogen and oxygen atoms in total. The molecule has 0 saturated heterocycles. The summed E-state index contributed by atoms with van der Waals surface area (Å²) in [6.07, 6.45) is 0. The van der Waals surface area contributed by atoms with Gasteiger partial charge in [0.05, 0.1) is 0 Å². The Morgan fingerprint density at radius 3 is 2.73 bits per heavy atom. The van der Waals surface area contributed by atoms with Crippen LogP contribution in [0.2, 0.25) is 0 Å². The van der Waals surface area contributed by atoms with Gasteiger partial charge in [-0.05, 0) is 0 Å². The van der Waals surface area contributed by atoms with E-state index in [1.165, 1.54) is 11.0 Å². The summed E-state index contributed by atoms with van der Waals surface area (Å²) in [5.41, 5.74) is 0.229. The summed E-state index contributed by atoms with van der Waals surface area (Å²) < 4.78 is 4.52. The zero-order valence-corrected chi connectivity index (χ0v) is 6.37. The summed E-state index contributed by atoms with van der Waals surface area (Å²) >= 11 is 0. The molecule has 0 spiro atoms. The minimum absolute atomic E-state index is 0.148. The van der Waals surface area contributed by atoms with Gasteiger partial charge in [0.1, 0.15) is 5.76 Å². The van der Waals surface area contributed by atoms with E-state index in [0.717, 1.165) is 0 Å². The highest BCUT2D eigenvalue weighted by molar-refractivity contribution is 5.91. The van der Waals surface area contributed by atoms with Gasteiger partial charge in [0, 0.05) is 27.1 Å². The van der Waals surface area contributed by atoms with Crippen LogP contribution in [0.25, 0.3) is 0 Å². The van der Waals surface area contributed by atoms with Crippen LogP contribution in [0, 0.1) is 6.92 Å². The van der Waals surface area contributed by atoms with Gasteiger partial charge in [-0.3, -0.25) is 4.79 Å². The highest BCUT2D eigenvalue weighted by Gasteiger charge is 2.11. The molecule has 1 aromatic rings. The Morgan fingerprint density at radius 1 is 1.73 bits per heavy atom. The van der Waals surface area contributed by atoms with Crippen LogP contribution in [0.15, 0.2) is 10.6 Å². The van der Waals surface area contributed by atoms with E-state index in [0.29, 0.717) is 0 Å². The number of rotatable bonds is 1. The van der Waals surface area contributed by atoms with Crippen LogP contribution >= 0.6 is 0 Å². The van der Waals surface area contributed by atoms with Gasteiger partial charge in [-0.1, -0.05) is 5.16 Å². The van der Waals surface area contributed by atoms with Gasteiger partial charge in [-0.15, -0.1) is 0 Å². The molecule has 0 aromatic carbocycles. The molecular formula is C7H8N2O2. The Balaban J connectivity index is 2.85. The first-order valence-electron chi connectivity index (χ1n) is 3.05. The zero-order chi connectivity index (χ0) is 8.43. The van der Waals surface area contributed by atoms with Crippen LogP contribution in [-0.4, -0.2) is 30.1 Å². The maximum atomic E-state index is 11.1. The van der Waals surface area contributed by atoms with Gasteiger partial charge in [0.25, 0.3) is 5.91 Å². The number of hydrogen-bond acceptors (Lipinski definition) is 3. The summed E-state index contributed by atoms with van der Waals surface area (Å²) in [6.45, 7) is 5.22. The quantitative estimate of drug-likeness (QED) is 0.586. The van der Waals surface area contributed by atoms with Crippen LogP contribution < -0.4 is 0 Å². The number of aromatic nitrogens is 1. The number of carbonyl (C=O) groups excluding carboxylic acids is 1. The van der Waals surface area contributed by atoms with E-state index in [-0.39, 0.29) is 17.4 Å². The molecule has 1 aromatic heterocycles. The summed E-state index contributed by atoms with van der Waals surface area (Å²) in [7, 11) is 3.26. The molecule has 0 aliphatic rings. The molecular weight excluding hydrogens is 144 g/mol. The van der Waals surface area contributed by atoms with E-state index in [4.69, 9.17) is 6.92 Å². The van der Waals surface area contributed by atoms with E-state index in [9.17, 15) is 4.79 Å². The lowest BCUT2D eigenvalue weighted by molar-refractivity contribution is 0.0817. The fourth-order valence-corrected chi connectivity index (χ4v) is 0.619. The fourth-order valence-electron chi connectivity index (χ4n) is 0.619. The molecule has 0 fully saturated rings. The molecule has 1 heterocycles. The molecule has 0 aliphatic carbocycles. The van der Waals surface area contributed by atoms with Crippen molar-refractivity contribution in [2.24, 2.45) is 0 Å². The van der Waals surface area contributed by atoms with E-state index >= 15 is 0 Å². The molecule has 0 unspecified atom stereocenters. The molecule has 2 radical (unpaired) electrons. The van der Waals surface area contributed by atoms with E-state index in [1.807, 2.05) is 0 Å². The second-order valence-corrected chi connectivity index (χ2v) is 2.31. The third-order valence-electron chi connectivity index (χ3n) is 1.15. The van der Waals surface area contributed by atoms with Crippen LogP contribution in [0.3, 0.4) is 0 Å². The van der Waals surface area contributed by atoms with Crippen molar-refractivity contribution in [3.8, 4) is 0 Å². The highest BCUT2D eigenvalue weighted by atomic mass is 16.5. The van der Waals surface area contributed by atoms with Gasteiger partial charge in [0.2, 0.25) is 0 Å². The summed E-state index contributed by atoms with van der Waals surface area (Å²) in [5.74, 6) is -0.0688. The Morgan fingerprint density at radius 2 is 2.36 bits per heavy atom. The normalized spacial score (nSPS) is 9.73. The van der Waals surface area contributed by atoms with Crippen LogP contribution in [-0.2, 0) is 0 Å². The second-order valence-electron chi connectivity index (χ2n) is 2.31. The van der Waals surface area contributed by atoms with Crippen molar-refractivity contribution in [3.63, 3.8) is 0 Å². The van der Waals surface area contributed by atoms with Crippen molar-refractivity contribution in [2.75, 3.05) is 14.1 Å². The summed E-state index contributed by atoms with van der Waals surface area (Å²) in [6, 6.07) is 1.39. The van der Waals surface area contributed by atoms with Crippen LogP contribution in [0.4, 0.5) is 0 Å². The predicted octanol–water partition coefficient (Wildman–Crippen LogP) is 0.436. The first-order chi connectivity index (χ1) is 5.11. The standard InChI is InChI=1S/C7H8N2O2/c1-5-4-6(8-11-5)7(10)9(2)3/h1,4H,2-3H3. The average Bonchev–Trinajstić information content (AvgIpc) is 2.34. The lowest BCUT2D eigenvalue weighted by atomic mass is 10.3. The maximum absolute atomic E-state index is 11.1. The van der Waals surface area contributed by atoms with Crippen molar-refractivity contribution in [3.05, 3.63) is 24.4 Å². The number of carbonyl (C=O) groups is 1. The van der Waals surface area contributed by atoms with Crippen molar-refractivity contribution < 1.29 is 9.32 Å². The molecule has 4 heteroatoms. The van der Waals surface area contributed by atoms with E-state index < -0.39 is 0 Å². The van der Waals surface area contributed by atoms with E-state index in [1.54, 1.807) is 14.1 Å². The van der Waals surface area contributed by atoms with Crippen molar-refractivity contribution in [2.45, 2.75) is 0 Å². The third kappa shape index (κ3) is 1.58. The smallest absolute Gasteiger partial charge is 0.275 e. The minimum Gasteiger partial charge on any atom is -0.360 e. The largest absolute Gasteiger partial charge is 0.360 e. The van der Waals surface area contributed by atoms with Gasteiger partial charge in [-0.25, -0.2) is 0 Å². The molecule has 11 heavy (non-hydrogen) atoms. The first-order valence-corrected chi connectivity index (χ1v) is 3.05. The fraction of sp³-hybridized carbons (Fsp3) is 0.286. The number of amides is 1. The molecule has 1 amide bonds. The van der Waals surface area contributed by atoms with Crippen LogP contribution in [0.1, 0.15) is 16.2 Å². The van der Waals surface area contributed by atoms with Crippen molar-refractivity contribution >= 4 is 5.91 Å². The van der Waals surface area contributed by atoms with Crippen LogP contribution in [0.5, 0.6) is 0 Å². The zero-order valence-electron chi connectivity index (χ0n) is 6.37. The lowest BCUT2D eigenvalue weighted by Crippen LogP contribution is -2.21. The SMILES string of the molecule is [CH]c1cc(C(=O)N(C)C)no1. The monoisotopic (exact) mass is 152 g/mol. The van der Waals surface area contributed by atoms with Gasteiger partial charge < -0.3 is 9.42 Å².